The van der Waals surface area contributed by atoms with Crippen molar-refractivity contribution in [2.24, 2.45) is 0 Å². The number of hydrogen-bond acceptors (Lipinski definition) is 9. The molecule has 0 aromatic heterocycles. The summed E-state index contributed by atoms with van der Waals surface area (Å²) in [5.74, 6) is -1.24. The molecule has 9 heteroatoms. The topological polar surface area (TPSA) is 103 Å². The van der Waals surface area contributed by atoms with Gasteiger partial charge >= 0.3 is 17.9 Å². The minimum absolute atomic E-state index is 0.0189. The molecule has 0 radical (unpaired) electrons. The monoisotopic (exact) mass is 806 g/mol. The Labute approximate surface area is 346 Å². The number of carbonyl (C=O) groups excluding carboxylic acids is 3. The van der Waals surface area contributed by atoms with Gasteiger partial charge in [-0.1, -0.05) is 153 Å². The largest absolute Gasteiger partial charge is 0.462 e. The van der Waals surface area contributed by atoms with Crippen LogP contribution in [0.15, 0.2) is 24.3 Å². The summed E-state index contributed by atoms with van der Waals surface area (Å²) in [5.41, 5.74) is 0. The normalized spacial score (nSPS) is 13.1. The second-order valence-electron chi connectivity index (χ2n) is 15.2. The molecule has 0 amide bonds. The molecule has 0 aliphatic rings. The number of rotatable bonds is 40. The van der Waals surface area contributed by atoms with Gasteiger partial charge in [-0.3, -0.25) is 14.4 Å². The van der Waals surface area contributed by atoms with Gasteiger partial charge in [-0.25, -0.2) is 0 Å². The number of carbonyl (C=O) groups is 3. The van der Waals surface area contributed by atoms with Crippen LogP contribution in [0.5, 0.6) is 0 Å². The molecule has 0 aliphatic heterocycles. The SMILES string of the molecule is CCCCCCCC/C=C\CCCCCCCC(=O)OCC(COC(=O)CCC(C)(C#N)SC=S)OC(=O)CCCCCCC/C=C\CCCCCCCC. The summed E-state index contributed by atoms with van der Waals surface area (Å²) in [5, 5.41) is 9.46. The lowest BCUT2D eigenvalue weighted by Gasteiger charge is -2.20. The molecule has 0 spiro atoms. The number of ether oxygens (including phenoxy) is 3. The average Bonchev–Trinajstić information content (AvgIpc) is 3.18. The van der Waals surface area contributed by atoms with Crippen LogP contribution in [0, 0.1) is 11.3 Å². The summed E-state index contributed by atoms with van der Waals surface area (Å²) in [6.45, 7) is 5.86. The van der Waals surface area contributed by atoms with Gasteiger partial charge in [-0.15, -0.1) is 11.8 Å². The third kappa shape index (κ3) is 37.2. The van der Waals surface area contributed by atoms with Crippen LogP contribution in [-0.4, -0.2) is 46.7 Å². The van der Waals surface area contributed by atoms with Crippen LogP contribution in [0.25, 0.3) is 0 Å². The van der Waals surface area contributed by atoms with Crippen LogP contribution in [0.1, 0.15) is 213 Å². The van der Waals surface area contributed by atoms with Crippen LogP contribution >= 0.6 is 24.0 Å². The van der Waals surface area contributed by atoms with Gasteiger partial charge in [0.05, 0.1) is 6.07 Å². The van der Waals surface area contributed by atoms with E-state index in [0.29, 0.717) is 6.42 Å². The van der Waals surface area contributed by atoms with Crippen molar-refractivity contribution < 1.29 is 28.6 Å². The number of thiocarbonyl (C=S) groups is 1. The molecule has 7 nitrogen and oxygen atoms in total. The highest BCUT2D eigenvalue weighted by Gasteiger charge is 2.26. The first-order valence-corrected chi connectivity index (χ1v) is 23.5. The predicted octanol–water partition coefficient (Wildman–Crippen LogP) is 13.8. The number of hydrogen-bond donors (Lipinski definition) is 0. The Balaban J connectivity index is 4.42. The maximum atomic E-state index is 12.7. The Morgan fingerprint density at radius 1 is 0.582 bits per heavy atom. The van der Waals surface area contributed by atoms with Gasteiger partial charge < -0.3 is 14.2 Å². The van der Waals surface area contributed by atoms with E-state index in [2.05, 4.69) is 44.2 Å². The molecule has 55 heavy (non-hydrogen) atoms. The van der Waals surface area contributed by atoms with Crippen molar-refractivity contribution in [1.29, 1.82) is 5.26 Å². The number of allylic oxidation sites excluding steroid dienone is 4. The highest BCUT2D eigenvalue weighted by atomic mass is 32.2. The molecular weight excluding hydrogens is 727 g/mol. The molecular formula is C46H79NO6S2. The van der Waals surface area contributed by atoms with Gasteiger partial charge in [0.15, 0.2) is 6.10 Å². The van der Waals surface area contributed by atoms with E-state index in [1.807, 2.05) is 0 Å². The van der Waals surface area contributed by atoms with Gasteiger partial charge in [0, 0.05) is 24.0 Å². The van der Waals surface area contributed by atoms with Crippen molar-refractivity contribution in [1.82, 2.24) is 0 Å². The summed E-state index contributed by atoms with van der Waals surface area (Å²) < 4.78 is 17.1. The standard InChI is InChI=1S/C46H79NO6S2/c1-4-6-8-10-12-14-16-18-20-22-24-26-28-30-32-34-43(48)51-38-42(39-52-44(49)36-37-46(3,40-47)55-41-54)53-45(50)35-33-31-29-27-25-23-21-19-17-15-13-11-9-7-5-2/h18-21,41-42H,4-17,22-39H2,1-3H3/b20-18-,21-19-. The van der Waals surface area contributed by atoms with Gasteiger partial charge in [-0.2, -0.15) is 5.26 Å². The van der Waals surface area contributed by atoms with Crippen LogP contribution in [0.4, 0.5) is 0 Å². The molecule has 0 saturated carbocycles. The molecule has 316 valence electrons. The van der Waals surface area contributed by atoms with Crippen molar-refractivity contribution in [2.45, 2.75) is 224 Å². The van der Waals surface area contributed by atoms with Gasteiger partial charge in [0.25, 0.3) is 0 Å². The Morgan fingerprint density at radius 2 is 0.945 bits per heavy atom. The van der Waals surface area contributed by atoms with Gasteiger partial charge in [-0.05, 0) is 77.6 Å². The minimum Gasteiger partial charge on any atom is -0.462 e. The van der Waals surface area contributed by atoms with E-state index in [4.69, 9.17) is 26.4 Å². The van der Waals surface area contributed by atoms with Gasteiger partial charge in [0.2, 0.25) is 0 Å². The van der Waals surface area contributed by atoms with Crippen LogP contribution in [-0.2, 0) is 28.6 Å². The Hall–Kier alpha value is -2.18. The second-order valence-corrected chi connectivity index (χ2v) is 17.1. The first kappa shape index (κ1) is 52.8. The summed E-state index contributed by atoms with van der Waals surface area (Å²) in [6, 6.07) is 2.19. The first-order valence-electron chi connectivity index (χ1n) is 22.1. The zero-order valence-electron chi connectivity index (χ0n) is 35.3. The first-order chi connectivity index (χ1) is 26.8. The fourth-order valence-electron chi connectivity index (χ4n) is 6.15. The van der Waals surface area contributed by atoms with Crippen molar-refractivity contribution in [2.75, 3.05) is 13.2 Å². The smallest absolute Gasteiger partial charge is 0.306 e. The molecule has 2 atom stereocenters. The van der Waals surface area contributed by atoms with E-state index >= 15 is 0 Å². The van der Waals surface area contributed by atoms with Crippen molar-refractivity contribution in [3.63, 3.8) is 0 Å². The fraction of sp³-hybridized carbons (Fsp3) is 0.804. The third-order valence-corrected chi connectivity index (χ3v) is 11.0. The summed E-state index contributed by atoms with van der Waals surface area (Å²) in [6.07, 6.45) is 40.0. The third-order valence-electron chi connectivity index (χ3n) is 9.79. The number of thioether (sulfide) groups is 1. The van der Waals surface area contributed by atoms with Crippen LogP contribution < -0.4 is 0 Å². The lowest BCUT2D eigenvalue weighted by molar-refractivity contribution is -0.167. The molecule has 0 aromatic rings. The predicted molar refractivity (Wildman–Crippen MR) is 235 cm³/mol. The highest BCUT2D eigenvalue weighted by molar-refractivity contribution is 8.21. The second kappa shape index (κ2) is 40.0. The number of unbranched alkanes of at least 4 members (excludes halogenated alkanes) is 22. The van der Waals surface area contributed by atoms with Crippen LogP contribution in [0.3, 0.4) is 0 Å². The fourth-order valence-corrected chi connectivity index (χ4v) is 7.27. The zero-order valence-corrected chi connectivity index (χ0v) is 36.9. The quantitative estimate of drug-likeness (QED) is 0.0197. The van der Waals surface area contributed by atoms with Crippen LogP contribution in [0.2, 0.25) is 0 Å². The van der Waals surface area contributed by atoms with E-state index in [1.165, 1.54) is 113 Å². The highest BCUT2D eigenvalue weighted by Crippen LogP contribution is 2.28. The molecule has 0 rings (SSSR count). The maximum absolute atomic E-state index is 12.7. The lowest BCUT2D eigenvalue weighted by atomic mass is 10.1. The average molecular weight is 806 g/mol. The Bertz CT molecular complexity index is 1060. The Morgan fingerprint density at radius 3 is 1.35 bits per heavy atom. The van der Waals surface area contributed by atoms with Crippen molar-refractivity contribution in [3.8, 4) is 6.07 Å². The van der Waals surface area contributed by atoms with E-state index in [9.17, 15) is 19.6 Å². The van der Waals surface area contributed by atoms with Gasteiger partial charge in [0.1, 0.15) is 18.0 Å². The molecule has 0 aliphatic carbocycles. The lowest BCUT2D eigenvalue weighted by Crippen LogP contribution is -2.31. The molecule has 2 unspecified atom stereocenters. The van der Waals surface area contributed by atoms with Crippen molar-refractivity contribution >= 4 is 46.6 Å². The number of nitrogens with zero attached hydrogens (tertiary/aromatic N) is 1. The molecule has 0 fully saturated rings. The van der Waals surface area contributed by atoms with E-state index in [1.54, 1.807) is 6.92 Å². The Kier molecular flexibility index (Phi) is 38.4. The van der Waals surface area contributed by atoms with E-state index in [-0.39, 0.29) is 44.4 Å². The molecule has 0 bridgehead atoms. The minimum atomic E-state index is -0.879. The maximum Gasteiger partial charge on any atom is 0.306 e. The van der Waals surface area contributed by atoms with Crippen molar-refractivity contribution in [3.05, 3.63) is 24.3 Å². The summed E-state index contributed by atoms with van der Waals surface area (Å²) >= 11 is 6.06. The summed E-state index contributed by atoms with van der Waals surface area (Å²) in [7, 11) is 0. The summed E-state index contributed by atoms with van der Waals surface area (Å²) in [4.78, 5) is 37.7. The molecule has 0 heterocycles. The molecule has 0 N–H and O–H groups in total. The molecule has 0 saturated heterocycles. The van der Waals surface area contributed by atoms with E-state index in [0.717, 1.165) is 70.6 Å². The van der Waals surface area contributed by atoms with E-state index < -0.39 is 16.8 Å². The zero-order chi connectivity index (χ0) is 40.5. The molecule has 0 aromatic carbocycles. The number of esters is 3. The number of nitriles is 1.